The number of esters is 1. The molecule has 1 fully saturated rings. The highest BCUT2D eigenvalue weighted by molar-refractivity contribution is 5.97. The number of carbonyl (C=O) groups is 2. The van der Waals surface area contributed by atoms with E-state index < -0.39 is 17.5 Å². The number of nitro groups is 1. The number of piperidine rings is 1. The van der Waals surface area contributed by atoms with E-state index in [0.29, 0.717) is 6.54 Å². The van der Waals surface area contributed by atoms with E-state index >= 15 is 0 Å². The number of nitro benzene ring substituents is 1. The minimum atomic E-state index is -0.843. The summed E-state index contributed by atoms with van der Waals surface area (Å²) in [6.07, 6.45) is 2.94. The van der Waals surface area contributed by atoms with Crippen LogP contribution in [0.15, 0.2) is 18.2 Å². The lowest BCUT2D eigenvalue weighted by molar-refractivity contribution is -0.384. The standard InChI is InChI=1S/C15H19N3O5/c1-10-4-2-3-7-17(10)14(19)9-23-15(20)12-8-11(18(21)22)5-6-13(12)16/h5-6,8,10H,2-4,7,9,16H2,1H3/t10-/m1/s1. The Morgan fingerprint density at radius 1 is 1.43 bits per heavy atom. The van der Waals surface area contributed by atoms with Crippen LogP contribution in [-0.2, 0) is 9.53 Å². The summed E-state index contributed by atoms with van der Waals surface area (Å²) in [4.78, 5) is 35.9. The van der Waals surface area contributed by atoms with E-state index in [1.807, 2.05) is 6.92 Å². The third-order valence-corrected chi connectivity index (χ3v) is 3.92. The van der Waals surface area contributed by atoms with Gasteiger partial charge in [0.05, 0.1) is 10.5 Å². The number of benzene rings is 1. The van der Waals surface area contributed by atoms with E-state index in [1.54, 1.807) is 4.90 Å². The van der Waals surface area contributed by atoms with Gasteiger partial charge in [-0.3, -0.25) is 14.9 Å². The fraction of sp³-hybridized carbons (Fsp3) is 0.467. The van der Waals surface area contributed by atoms with Gasteiger partial charge in [-0.05, 0) is 32.3 Å². The second-order valence-corrected chi connectivity index (χ2v) is 5.54. The number of likely N-dealkylation sites (tertiary alicyclic amines) is 1. The zero-order chi connectivity index (χ0) is 17.0. The van der Waals surface area contributed by atoms with Gasteiger partial charge in [0.15, 0.2) is 6.61 Å². The molecule has 0 saturated carbocycles. The van der Waals surface area contributed by atoms with Crippen molar-refractivity contribution in [2.45, 2.75) is 32.2 Å². The van der Waals surface area contributed by atoms with Crippen molar-refractivity contribution in [1.29, 1.82) is 0 Å². The molecule has 8 nitrogen and oxygen atoms in total. The van der Waals surface area contributed by atoms with Crippen molar-refractivity contribution in [2.24, 2.45) is 0 Å². The van der Waals surface area contributed by atoms with Crippen LogP contribution in [0.2, 0.25) is 0 Å². The van der Waals surface area contributed by atoms with Gasteiger partial charge in [-0.15, -0.1) is 0 Å². The van der Waals surface area contributed by atoms with Crippen LogP contribution in [0.1, 0.15) is 36.5 Å². The van der Waals surface area contributed by atoms with Gasteiger partial charge >= 0.3 is 5.97 Å². The van der Waals surface area contributed by atoms with Crippen LogP contribution in [0, 0.1) is 10.1 Å². The lowest BCUT2D eigenvalue weighted by atomic mass is 10.0. The van der Waals surface area contributed by atoms with Crippen LogP contribution in [-0.4, -0.2) is 40.9 Å². The number of non-ortho nitro benzene ring substituents is 1. The van der Waals surface area contributed by atoms with Gasteiger partial charge in [0.1, 0.15) is 0 Å². The number of nitrogens with zero attached hydrogens (tertiary/aromatic N) is 2. The first-order valence-electron chi connectivity index (χ1n) is 7.40. The molecule has 124 valence electrons. The Labute approximate surface area is 133 Å². The summed E-state index contributed by atoms with van der Waals surface area (Å²) in [6.45, 7) is 2.21. The first kappa shape index (κ1) is 16.7. The Hall–Kier alpha value is -2.64. The van der Waals surface area contributed by atoms with Gasteiger partial charge in [0.25, 0.3) is 11.6 Å². The number of anilines is 1. The van der Waals surface area contributed by atoms with Crippen molar-refractivity contribution in [3.8, 4) is 0 Å². The summed E-state index contributed by atoms with van der Waals surface area (Å²) >= 11 is 0. The number of amides is 1. The molecule has 2 N–H and O–H groups in total. The van der Waals surface area contributed by atoms with E-state index in [1.165, 1.54) is 12.1 Å². The quantitative estimate of drug-likeness (QED) is 0.391. The van der Waals surface area contributed by atoms with Crippen molar-refractivity contribution < 1.29 is 19.2 Å². The molecule has 0 unspecified atom stereocenters. The molecule has 0 radical (unpaired) electrons. The molecule has 0 spiro atoms. The largest absolute Gasteiger partial charge is 0.452 e. The molecular formula is C15H19N3O5. The van der Waals surface area contributed by atoms with Crippen molar-refractivity contribution in [3.63, 3.8) is 0 Å². The Morgan fingerprint density at radius 3 is 2.83 bits per heavy atom. The molecule has 1 saturated heterocycles. The molecule has 0 aromatic heterocycles. The molecule has 0 bridgehead atoms. The van der Waals surface area contributed by atoms with E-state index in [9.17, 15) is 19.7 Å². The fourth-order valence-electron chi connectivity index (χ4n) is 2.59. The van der Waals surface area contributed by atoms with Crippen LogP contribution < -0.4 is 5.73 Å². The maximum atomic E-state index is 12.1. The Kier molecular flexibility index (Phi) is 5.15. The lowest BCUT2D eigenvalue weighted by Crippen LogP contribution is -2.44. The minimum Gasteiger partial charge on any atom is -0.452 e. The SMILES string of the molecule is C[C@@H]1CCCCN1C(=O)COC(=O)c1cc([N+](=O)[O-])ccc1N. The molecule has 1 heterocycles. The summed E-state index contributed by atoms with van der Waals surface area (Å²) in [5.74, 6) is -1.11. The number of hydrogen-bond acceptors (Lipinski definition) is 6. The Bertz CT molecular complexity index is 632. The topological polar surface area (TPSA) is 116 Å². The Morgan fingerprint density at radius 2 is 2.17 bits per heavy atom. The molecule has 1 amide bonds. The van der Waals surface area contributed by atoms with Crippen LogP contribution in [0.3, 0.4) is 0 Å². The molecule has 23 heavy (non-hydrogen) atoms. The highest BCUT2D eigenvalue weighted by atomic mass is 16.6. The molecule has 1 aliphatic heterocycles. The maximum absolute atomic E-state index is 12.1. The predicted octanol–water partition coefficient (Wildman–Crippen LogP) is 1.73. The van der Waals surface area contributed by atoms with Crippen LogP contribution in [0.25, 0.3) is 0 Å². The van der Waals surface area contributed by atoms with Gasteiger partial charge in [-0.2, -0.15) is 0 Å². The second kappa shape index (κ2) is 7.08. The number of nitrogen functional groups attached to an aromatic ring is 1. The van der Waals surface area contributed by atoms with Crippen LogP contribution in [0.5, 0.6) is 0 Å². The predicted molar refractivity (Wildman–Crippen MR) is 82.8 cm³/mol. The summed E-state index contributed by atoms with van der Waals surface area (Å²) in [6, 6.07) is 3.64. The number of nitrogens with two attached hydrogens (primary N) is 1. The summed E-state index contributed by atoms with van der Waals surface area (Å²) in [5, 5.41) is 10.7. The number of carbonyl (C=O) groups excluding carboxylic acids is 2. The maximum Gasteiger partial charge on any atom is 0.341 e. The minimum absolute atomic E-state index is 0.0689. The highest BCUT2D eigenvalue weighted by Crippen LogP contribution is 2.21. The normalized spacial score (nSPS) is 17.6. The van der Waals surface area contributed by atoms with Gasteiger partial charge in [-0.1, -0.05) is 0 Å². The van der Waals surface area contributed by atoms with Crippen molar-refractivity contribution in [2.75, 3.05) is 18.9 Å². The number of rotatable bonds is 4. The van der Waals surface area contributed by atoms with Gasteiger partial charge in [0, 0.05) is 30.4 Å². The lowest BCUT2D eigenvalue weighted by Gasteiger charge is -2.33. The van der Waals surface area contributed by atoms with E-state index in [4.69, 9.17) is 10.5 Å². The summed E-state index contributed by atoms with van der Waals surface area (Å²) < 4.78 is 4.97. The Balaban J connectivity index is 2.00. The second-order valence-electron chi connectivity index (χ2n) is 5.54. The first-order chi connectivity index (χ1) is 10.9. The number of hydrogen-bond donors (Lipinski definition) is 1. The van der Waals surface area contributed by atoms with Gasteiger partial charge in [-0.25, -0.2) is 4.79 Å². The van der Waals surface area contributed by atoms with Crippen LogP contribution in [0.4, 0.5) is 11.4 Å². The first-order valence-corrected chi connectivity index (χ1v) is 7.40. The molecule has 8 heteroatoms. The van der Waals surface area contributed by atoms with E-state index in [-0.39, 0.29) is 28.9 Å². The fourth-order valence-corrected chi connectivity index (χ4v) is 2.59. The molecule has 1 aromatic carbocycles. The molecule has 1 aliphatic rings. The van der Waals surface area contributed by atoms with Gasteiger partial charge < -0.3 is 15.4 Å². The zero-order valence-corrected chi connectivity index (χ0v) is 12.9. The van der Waals surface area contributed by atoms with Crippen LogP contribution >= 0.6 is 0 Å². The smallest absolute Gasteiger partial charge is 0.341 e. The average Bonchev–Trinajstić information content (AvgIpc) is 2.53. The highest BCUT2D eigenvalue weighted by Gasteiger charge is 2.25. The van der Waals surface area contributed by atoms with E-state index in [2.05, 4.69) is 0 Å². The molecule has 1 atom stereocenters. The van der Waals surface area contributed by atoms with Gasteiger partial charge in [0.2, 0.25) is 0 Å². The molecule has 2 rings (SSSR count). The van der Waals surface area contributed by atoms with Crippen molar-refractivity contribution in [3.05, 3.63) is 33.9 Å². The third kappa shape index (κ3) is 3.97. The summed E-state index contributed by atoms with van der Waals surface area (Å²) in [5.41, 5.74) is 5.34. The van der Waals surface area contributed by atoms with Crippen molar-refractivity contribution >= 4 is 23.3 Å². The molecular weight excluding hydrogens is 302 g/mol. The third-order valence-electron chi connectivity index (χ3n) is 3.92. The number of ether oxygens (including phenoxy) is 1. The molecule has 0 aliphatic carbocycles. The average molecular weight is 321 g/mol. The zero-order valence-electron chi connectivity index (χ0n) is 12.9. The molecule has 1 aromatic rings. The summed E-state index contributed by atoms with van der Waals surface area (Å²) in [7, 11) is 0. The van der Waals surface area contributed by atoms with Crippen molar-refractivity contribution in [1.82, 2.24) is 4.90 Å². The monoisotopic (exact) mass is 321 g/mol. The van der Waals surface area contributed by atoms with E-state index in [0.717, 1.165) is 25.3 Å².